The van der Waals surface area contributed by atoms with Crippen LogP contribution in [0.5, 0.6) is 5.75 Å². The van der Waals surface area contributed by atoms with E-state index in [2.05, 4.69) is 39.6 Å². The minimum Gasteiger partial charge on any atom is -0.487 e. The summed E-state index contributed by atoms with van der Waals surface area (Å²) < 4.78 is 25.7. The fourth-order valence-corrected chi connectivity index (χ4v) is 5.86. The van der Waals surface area contributed by atoms with Crippen LogP contribution < -0.4 is 10.1 Å². The minimum atomic E-state index is -0.301. The zero-order valence-electron chi connectivity index (χ0n) is 22.8. The number of hydrogen-bond acceptors (Lipinski definition) is 7. The van der Waals surface area contributed by atoms with Crippen LogP contribution in [0.25, 0.3) is 22.2 Å². The Kier molecular flexibility index (Phi) is 8.14. The number of fused-ring (bicyclic) bond motifs is 1. The van der Waals surface area contributed by atoms with Gasteiger partial charge in [0.15, 0.2) is 0 Å². The van der Waals surface area contributed by atoms with Crippen molar-refractivity contribution < 1.29 is 13.5 Å². The molecule has 1 atom stereocenters. The number of furan rings is 1. The first-order valence-electron chi connectivity index (χ1n) is 13.5. The molecule has 0 unspecified atom stereocenters. The van der Waals surface area contributed by atoms with Gasteiger partial charge in [-0.2, -0.15) is 11.8 Å². The Morgan fingerprint density at radius 3 is 2.76 bits per heavy atom. The molecule has 0 amide bonds. The van der Waals surface area contributed by atoms with E-state index in [0.717, 1.165) is 45.0 Å². The highest BCUT2D eigenvalue weighted by atomic mass is 35.5. The molecule has 0 spiro atoms. The maximum Gasteiger partial charge on any atom is 0.141 e. The number of nitrogens with one attached hydrogen (secondary N) is 1. The monoisotopic (exact) mass is 588 g/mol. The number of halogens is 2. The quantitative estimate of drug-likeness (QED) is 0.166. The zero-order chi connectivity index (χ0) is 28.3. The minimum absolute atomic E-state index is 0.215. The third-order valence-corrected chi connectivity index (χ3v) is 8.24. The van der Waals surface area contributed by atoms with Gasteiger partial charge in [0.1, 0.15) is 41.8 Å². The van der Waals surface area contributed by atoms with Gasteiger partial charge in [0, 0.05) is 28.4 Å². The number of hydrogen-bond donors (Lipinski definition) is 1. The van der Waals surface area contributed by atoms with E-state index in [4.69, 9.17) is 20.8 Å². The highest BCUT2D eigenvalue weighted by molar-refractivity contribution is 7.98. The van der Waals surface area contributed by atoms with E-state index < -0.39 is 0 Å². The molecule has 0 bridgehead atoms. The molecule has 6 rings (SSSR count). The Hall–Kier alpha value is -3.59. The number of anilines is 2. The normalized spacial score (nSPS) is 14.0. The number of nitrogens with zero attached hydrogens (tertiary/aromatic N) is 3. The van der Waals surface area contributed by atoms with E-state index in [0.29, 0.717) is 22.6 Å². The molecule has 1 aliphatic carbocycles. The average Bonchev–Trinajstić information content (AvgIpc) is 3.72. The van der Waals surface area contributed by atoms with Gasteiger partial charge in [0.2, 0.25) is 0 Å². The summed E-state index contributed by atoms with van der Waals surface area (Å²) in [7, 11) is 2.20. The third kappa shape index (κ3) is 6.35. The van der Waals surface area contributed by atoms with Gasteiger partial charge in [-0.25, -0.2) is 14.4 Å². The van der Waals surface area contributed by atoms with Crippen LogP contribution in [0.2, 0.25) is 5.02 Å². The highest BCUT2D eigenvalue weighted by Crippen LogP contribution is 2.37. The van der Waals surface area contributed by atoms with E-state index in [1.54, 1.807) is 24.3 Å². The van der Waals surface area contributed by atoms with Crippen LogP contribution in [-0.2, 0) is 6.61 Å². The standard InChI is InChI=1S/C32H30ClFN4O2S/c1-38(24-8-9-24)28(18-41-2)31-13-12-29(40-31)21-6-10-27-25(15-21)32(36-19-35-27)37-23-7-11-30(26(33)16-23)39-17-20-4-3-5-22(34)14-20/h3-7,10-16,19,24,28H,8-9,17-18H2,1-2H3,(H,35,36,37)/t28-/m1/s1. The van der Waals surface area contributed by atoms with Crippen LogP contribution in [0.3, 0.4) is 0 Å². The summed E-state index contributed by atoms with van der Waals surface area (Å²) in [5, 5.41) is 4.67. The third-order valence-electron chi connectivity index (χ3n) is 7.29. The smallest absolute Gasteiger partial charge is 0.141 e. The number of rotatable bonds is 11. The largest absolute Gasteiger partial charge is 0.487 e. The van der Waals surface area contributed by atoms with Crippen molar-refractivity contribution in [1.29, 1.82) is 0 Å². The van der Waals surface area contributed by atoms with Crippen LogP contribution >= 0.6 is 23.4 Å². The summed E-state index contributed by atoms with van der Waals surface area (Å²) in [5.74, 6) is 3.65. The van der Waals surface area contributed by atoms with Crippen molar-refractivity contribution in [3.63, 3.8) is 0 Å². The lowest BCUT2D eigenvalue weighted by molar-refractivity contribution is 0.227. The summed E-state index contributed by atoms with van der Waals surface area (Å²) in [6, 6.07) is 22.8. The van der Waals surface area contributed by atoms with E-state index in [-0.39, 0.29) is 18.5 Å². The first kappa shape index (κ1) is 27.6. The lowest BCUT2D eigenvalue weighted by Crippen LogP contribution is -2.28. The second-order valence-electron chi connectivity index (χ2n) is 10.2. The number of ether oxygens (including phenoxy) is 1. The molecule has 6 nitrogen and oxygen atoms in total. The van der Waals surface area contributed by atoms with Crippen LogP contribution in [0.4, 0.5) is 15.9 Å². The summed E-state index contributed by atoms with van der Waals surface area (Å²) in [6.07, 6.45) is 6.18. The summed E-state index contributed by atoms with van der Waals surface area (Å²) in [4.78, 5) is 11.4. The van der Waals surface area contributed by atoms with Gasteiger partial charge in [-0.3, -0.25) is 4.90 Å². The van der Waals surface area contributed by atoms with Crippen molar-refractivity contribution >= 4 is 45.8 Å². The summed E-state index contributed by atoms with van der Waals surface area (Å²) in [5.41, 5.74) is 3.25. The Morgan fingerprint density at radius 2 is 1.98 bits per heavy atom. The lowest BCUT2D eigenvalue weighted by Gasteiger charge is -2.25. The molecule has 5 aromatic rings. The van der Waals surface area contributed by atoms with Crippen molar-refractivity contribution in [3.8, 4) is 17.1 Å². The van der Waals surface area contributed by atoms with E-state index >= 15 is 0 Å². The molecule has 1 N–H and O–H groups in total. The Bertz CT molecular complexity index is 1680. The van der Waals surface area contributed by atoms with Gasteiger partial charge in [-0.05, 0) is 92.4 Å². The second kappa shape index (κ2) is 12.1. The Morgan fingerprint density at radius 1 is 1.10 bits per heavy atom. The SMILES string of the molecule is CSC[C@H](c1ccc(-c2ccc3ncnc(Nc4ccc(OCc5cccc(F)c5)c(Cl)c4)c3c2)o1)N(C)C1CC1. The van der Waals surface area contributed by atoms with Crippen LogP contribution in [0, 0.1) is 5.82 Å². The molecule has 1 fully saturated rings. The maximum atomic E-state index is 13.5. The predicted molar refractivity (Wildman–Crippen MR) is 165 cm³/mol. The number of aromatic nitrogens is 2. The first-order chi connectivity index (χ1) is 20.0. The lowest BCUT2D eigenvalue weighted by atomic mass is 10.1. The van der Waals surface area contributed by atoms with Crippen molar-refractivity contribution in [2.24, 2.45) is 0 Å². The van der Waals surface area contributed by atoms with Gasteiger partial charge in [-0.1, -0.05) is 23.7 Å². The van der Waals surface area contributed by atoms with Crippen molar-refractivity contribution in [2.45, 2.75) is 31.5 Å². The van der Waals surface area contributed by atoms with Gasteiger partial charge >= 0.3 is 0 Å². The molecule has 3 aromatic carbocycles. The zero-order valence-corrected chi connectivity index (χ0v) is 24.4. The fraction of sp³-hybridized carbons (Fsp3) is 0.250. The fourth-order valence-electron chi connectivity index (χ4n) is 4.91. The van der Waals surface area contributed by atoms with Crippen LogP contribution in [0.15, 0.2) is 83.5 Å². The molecular formula is C32H30ClFN4O2S. The molecule has 2 aromatic heterocycles. The van der Waals surface area contributed by atoms with E-state index in [9.17, 15) is 4.39 Å². The average molecular weight is 589 g/mol. The molecule has 9 heteroatoms. The molecule has 1 aliphatic rings. The molecule has 2 heterocycles. The van der Waals surface area contributed by atoms with Gasteiger partial charge < -0.3 is 14.5 Å². The van der Waals surface area contributed by atoms with Gasteiger partial charge in [-0.15, -0.1) is 0 Å². The summed E-state index contributed by atoms with van der Waals surface area (Å²) in [6.45, 7) is 0.215. The second-order valence-corrected chi connectivity index (χ2v) is 11.5. The highest BCUT2D eigenvalue weighted by Gasteiger charge is 2.33. The molecular weight excluding hydrogens is 559 g/mol. The molecule has 1 saturated carbocycles. The Balaban J connectivity index is 1.22. The first-order valence-corrected chi connectivity index (χ1v) is 15.3. The topological polar surface area (TPSA) is 63.4 Å². The van der Waals surface area contributed by atoms with Crippen molar-refractivity contribution in [2.75, 3.05) is 24.4 Å². The Labute approximate surface area is 247 Å². The van der Waals surface area contributed by atoms with Crippen molar-refractivity contribution in [3.05, 3.63) is 101 Å². The van der Waals surface area contributed by atoms with Gasteiger partial charge in [0.05, 0.1) is 16.6 Å². The number of benzene rings is 3. The summed E-state index contributed by atoms with van der Waals surface area (Å²) >= 11 is 8.36. The molecule has 0 saturated heterocycles. The van der Waals surface area contributed by atoms with E-state index in [1.807, 2.05) is 42.1 Å². The number of thioether (sulfide) groups is 1. The van der Waals surface area contributed by atoms with Crippen LogP contribution in [0.1, 0.15) is 30.2 Å². The predicted octanol–water partition coefficient (Wildman–Crippen LogP) is 8.50. The van der Waals surface area contributed by atoms with Gasteiger partial charge in [0.25, 0.3) is 0 Å². The van der Waals surface area contributed by atoms with Crippen LogP contribution in [-0.4, -0.2) is 40.0 Å². The van der Waals surface area contributed by atoms with Crippen molar-refractivity contribution in [1.82, 2.24) is 14.9 Å². The molecule has 41 heavy (non-hydrogen) atoms. The molecule has 0 aliphatic heterocycles. The van der Waals surface area contributed by atoms with E-state index in [1.165, 1.54) is 31.3 Å². The maximum absolute atomic E-state index is 13.5. The molecule has 210 valence electrons. The molecule has 0 radical (unpaired) electrons.